The largest absolute Gasteiger partial charge is 0.481 e. The molecule has 0 saturated heterocycles. The fourth-order valence-electron chi connectivity index (χ4n) is 3.82. The summed E-state index contributed by atoms with van der Waals surface area (Å²) in [5.41, 5.74) is 4.56. The Morgan fingerprint density at radius 2 is 1.67 bits per heavy atom. The van der Waals surface area contributed by atoms with Crippen LogP contribution in [0.1, 0.15) is 23.5 Å². The average Bonchev–Trinajstić information content (AvgIpc) is 3.13. The number of nitrogens with one attached hydrogen (secondary N) is 2. The summed E-state index contributed by atoms with van der Waals surface area (Å²) in [5, 5.41) is 14.1. The van der Waals surface area contributed by atoms with Crippen LogP contribution in [0, 0.1) is 0 Å². The number of benzene rings is 2. The summed E-state index contributed by atoms with van der Waals surface area (Å²) in [6, 6.07) is 15.5. The fraction of sp³-hybridized carbons (Fsp3) is 0.375. The molecule has 3 N–H and O–H groups in total. The quantitative estimate of drug-likeness (QED) is 0.392. The highest BCUT2D eigenvalue weighted by molar-refractivity contribution is 7.99. The first-order chi connectivity index (χ1) is 16.0. The van der Waals surface area contributed by atoms with E-state index in [-0.39, 0.29) is 24.2 Å². The van der Waals surface area contributed by atoms with E-state index in [4.69, 9.17) is 9.84 Å². The topological polar surface area (TPSA) is 105 Å². The number of carbonyl (C=O) groups is 3. The second-order valence-electron chi connectivity index (χ2n) is 7.54. The monoisotopic (exact) mass is 488 g/mol. The van der Waals surface area contributed by atoms with Crippen LogP contribution in [0.25, 0.3) is 11.1 Å². The molecule has 1 atom stereocenters. The van der Waals surface area contributed by atoms with Crippen molar-refractivity contribution in [2.45, 2.75) is 18.4 Å². The van der Waals surface area contributed by atoms with Crippen molar-refractivity contribution in [3.8, 4) is 11.1 Å². The molecule has 2 amide bonds. The number of hydrogen-bond acceptors (Lipinski definition) is 6. The molecule has 0 aromatic heterocycles. The standard InChI is InChI=1S/C24H28N2O5S2/c1-32-12-10-21(23(29)25-11-13-33-15-22(27)28)26-24(30)31-14-20-18-8-4-2-6-16(18)17-7-3-5-9-19(17)20/h2-9,20-21H,10-15H2,1H3,(H,25,29)(H,26,30)(H,27,28). The van der Waals surface area contributed by atoms with Crippen LogP contribution in [0.3, 0.4) is 0 Å². The van der Waals surface area contributed by atoms with Gasteiger partial charge >= 0.3 is 12.1 Å². The number of thioether (sulfide) groups is 2. The molecule has 9 heteroatoms. The zero-order valence-corrected chi connectivity index (χ0v) is 20.0. The van der Waals surface area contributed by atoms with Gasteiger partial charge in [-0.1, -0.05) is 48.5 Å². The van der Waals surface area contributed by atoms with E-state index in [0.29, 0.717) is 24.5 Å². The summed E-state index contributed by atoms with van der Waals surface area (Å²) in [6.07, 6.45) is 1.78. The molecule has 1 unspecified atom stereocenters. The highest BCUT2D eigenvalue weighted by Crippen LogP contribution is 2.44. The fourth-order valence-corrected chi connectivity index (χ4v) is 4.85. The minimum absolute atomic E-state index is 0.0101. The van der Waals surface area contributed by atoms with Gasteiger partial charge in [-0.25, -0.2) is 4.79 Å². The molecule has 1 aliphatic rings. The highest BCUT2D eigenvalue weighted by Gasteiger charge is 2.29. The van der Waals surface area contributed by atoms with Crippen LogP contribution in [0.4, 0.5) is 4.79 Å². The predicted octanol–water partition coefficient (Wildman–Crippen LogP) is 3.58. The van der Waals surface area contributed by atoms with E-state index in [1.54, 1.807) is 11.8 Å². The minimum atomic E-state index is -0.888. The molecule has 0 aliphatic heterocycles. The number of ether oxygens (including phenoxy) is 1. The average molecular weight is 489 g/mol. The van der Waals surface area contributed by atoms with Crippen LogP contribution in [-0.2, 0) is 14.3 Å². The third-order valence-electron chi connectivity index (χ3n) is 5.33. The first-order valence-corrected chi connectivity index (χ1v) is 13.2. The molecule has 176 valence electrons. The number of carboxylic acid groups (broad SMARTS) is 1. The van der Waals surface area contributed by atoms with Crippen molar-refractivity contribution >= 4 is 41.5 Å². The summed E-state index contributed by atoms with van der Waals surface area (Å²) in [7, 11) is 0. The van der Waals surface area contributed by atoms with Crippen molar-refractivity contribution in [1.29, 1.82) is 0 Å². The molecule has 2 aromatic rings. The van der Waals surface area contributed by atoms with Crippen LogP contribution in [-0.4, -0.2) is 65.8 Å². The molecule has 0 saturated carbocycles. The Labute approximate surface area is 202 Å². The van der Waals surface area contributed by atoms with Gasteiger partial charge in [0.1, 0.15) is 12.6 Å². The first kappa shape index (κ1) is 25.0. The second kappa shape index (κ2) is 12.6. The predicted molar refractivity (Wildman–Crippen MR) is 133 cm³/mol. The van der Waals surface area contributed by atoms with Gasteiger partial charge in [0.15, 0.2) is 0 Å². The lowest BCUT2D eigenvalue weighted by atomic mass is 9.98. The lowest BCUT2D eigenvalue weighted by molar-refractivity contribution is -0.133. The van der Waals surface area contributed by atoms with Crippen LogP contribution in [0.5, 0.6) is 0 Å². The smallest absolute Gasteiger partial charge is 0.407 e. The van der Waals surface area contributed by atoms with Gasteiger partial charge in [-0.3, -0.25) is 9.59 Å². The van der Waals surface area contributed by atoms with Crippen molar-refractivity contribution in [3.63, 3.8) is 0 Å². The van der Waals surface area contributed by atoms with Gasteiger partial charge in [0.05, 0.1) is 5.75 Å². The third-order valence-corrected chi connectivity index (χ3v) is 6.92. The molecule has 0 bridgehead atoms. The van der Waals surface area contributed by atoms with Gasteiger partial charge in [0.25, 0.3) is 0 Å². The zero-order valence-electron chi connectivity index (χ0n) is 18.4. The van der Waals surface area contributed by atoms with Gasteiger partial charge in [0.2, 0.25) is 5.91 Å². The summed E-state index contributed by atoms with van der Waals surface area (Å²) < 4.78 is 5.56. The van der Waals surface area contributed by atoms with Crippen molar-refractivity contribution in [2.75, 3.05) is 36.7 Å². The molecule has 2 aromatic carbocycles. The van der Waals surface area contributed by atoms with Crippen molar-refractivity contribution in [3.05, 3.63) is 59.7 Å². The molecular weight excluding hydrogens is 460 g/mol. The van der Waals surface area contributed by atoms with Gasteiger partial charge in [0, 0.05) is 18.2 Å². The van der Waals surface area contributed by atoms with E-state index >= 15 is 0 Å². The summed E-state index contributed by atoms with van der Waals surface area (Å²) >= 11 is 2.81. The number of carboxylic acids is 1. The Bertz CT molecular complexity index is 939. The molecule has 3 rings (SSSR count). The van der Waals surface area contributed by atoms with E-state index < -0.39 is 18.1 Å². The normalized spacial score (nSPS) is 13.0. The SMILES string of the molecule is CSCCC(NC(=O)OCC1c2ccccc2-c2ccccc21)C(=O)NCCSCC(=O)O. The van der Waals surface area contributed by atoms with Gasteiger partial charge in [-0.2, -0.15) is 11.8 Å². The second-order valence-corrected chi connectivity index (χ2v) is 9.63. The Morgan fingerprint density at radius 1 is 1.03 bits per heavy atom. The third kappa shape index (κ3) is 6.91. The van der Waals surface area contributed by atoms with Crippen molar-refractivity contribution < 1.29 is 24.2 Å². The molecule has 7 nitrogen and oxygen atoms in total. The summed E-state index contributed by atoms with van der Waals surface area (Å²) in [6.45, 7) is 0.515. The lowest BCUT2D eigenvalue weighted by Gasteiger charge is -2.19. The number of rotatable bonds is 12. The molecule has 1 aliphatic carbocycles. The molecule has 0 fully saturated rings. The van der Waals surface area contributed by atoms with Crippen LogP contribution in [0.15, 0.2) is 48.5 Å². The number of carbonyl (C=O) groups excluding carboxylic acids is 2. The summed E-state index contributed by atoms with van der Waals surface area (Å²) in [5.74, 6) is -0.0557. The Balaban J connectivity index is 1.55. The van der Waals surface area contributed by atoms with E-state index in [9.17, 15) is 14.4 Å². The Kier molecular flexibility index (Phi) is 9.50. The van der Waals surface area contributed by atoms with Crippen LogP contribution >= 0.6 is 23.5 Å². The van der Waals surface area contributed by atoms with Crippen molar-refractivity contribution in [2.24, 2.45) is 0 Å². The number of alkyl carbamates (subject to hydrolysis) is 1. The number of amides is 2. The van der Waals surface area contributed by atoms with Crippen LogP contribution in [0.2, 0.25) is 0 Å². The van der Waals surface area contributed by atoms with Crippen LogP contribution < -0.4 is 10.6 Å². The maximum atomic E-state index is 12.6. The van der Waals surface area contributed by atoms with Gasteiger partial charge in [-0.05, 0) is 40.7 Å². The van der Waals surface area contributed by atoms with Crippen molar-refractivity contribution in [1.82, 2.24) is 10.6 Å². The maximum Gasteiger partial charge on any atom is 0.407 e. The molecule has 0 spiro atoms. The Hall–Kier alpha value is -2.65. The summed E-state index contributed by atoms with van der Waals surface area (Å²) in [4.78, 5) is 35.7. The number of fused-ring (bicyclic) bond motifs is 3. The molecule has 0 radical (unpaired) electrons. The zero-order chi connectivity index (χ0) is 23.6. The van der Waals surface area contributed by atoms with E-state index in [1.165, 1.54) is 11.8 Å². The Morgan fingerprint density at radius 3 is 2.27 bits per heavy atom. The molecule has 0 heterocycles. The van der Waals surface area contributed by atoms with Gasteiger partial charge in [-0.15, -0.1) is 11.8 Å². The molecule has 33 heavy (non-hydrogen) atoms. The maximum absolute atomic E-state index is 12.6. The number of aliphatic carboxylic acids is 1. The highest BCUT2D eigenvalue weighted by atomic mass is 32.2. The lowest BCUT2D eigenvalue weighted by Crippen LogP contribution is -2.47. The van der Waals surface area contributed by atoms with E-state index in [0.717, 1.165) is 22.3 Å². The first-order valence-electron chi connectivity index (χ1n) is 10.7. The minimum Gasteiger partial charge on any atom is -0.481 e. The molecular formula is C24H28N2O5S2. The van der Waals surface area contributed by atoms with E-state index in [1.807, 2.05) is 30.5 Å². The van der Waals surface area contributed by atoms with E-state index in [2.05, 4.69) is 34.9 Å². The number of hydrogen-bond donors (Lipinski definition) is 3. The van der Waals surface area contributed by atoms with Gasteiger partial charge < -0.3 is 20.5 Å².